The summed E-state index contributed by atoms with van der Waals surface area (Å²) in [6, 6.07) is 1.09. The number of nitrogens with one attached hydrogen (secondary N) is 1. The minimum atomic E-state index is -0.564. The van der Waals surface area contributed by atoms with Gasteiger partial charge in [-0.3, -0.25) is 4.79 Å². The molecule has 1 aliphatic rings. The van der Waals surface area contributed by atoms with E-state index in [4.69, 9.17) is 11.6 Å². The molecule has 80 valence electrons. The zero-order valence-electron chi connectivity index (χ0n) is 8.18. The first-order valence-electron chi connectivity index (χ1n) is 4.64. The molecule has 1 amide bonds. The Hall–Kier alpha value is -1.16. The Morgan fingerprint density at radius 1 is 1.67 bits per heavy atom. The smallest absolute Gasteiger partial charge is 0.254 e. The Bertz CT molecular complexity index is 418. The van der Waals surface area contributed by atoms with Crippen LogP contribution in [0.4, 0.5) is 4.39 Å². The highest BCUT2D eigenvalue weighted by Crippen LogP contribution is 2.34. The summed E-state index contributed by atoms with van der Waals surface area (Å²) in [6.45, 7) is 1.94. The molecule has 0 aliphatic heterocycles. The number of hydrogen-bond donors (Lipinski definition) is 1. The Kier molecular flexibility index (Phi) is 2.38. The van der Waals surface area contributed by atoms with Gasteiger partial charge in [0.15, 0.2) is 0 Å². The summed E-state index contributed by atoms with van der Waals surface area (Å²) >= 11 is 5.70. The second-order valence-electron chi connectivity index (χ2n) is 4.01. The third-order valence-corrected chi connectivity index (χ3v) is 2.77. The van der Waals surface area contributed by atoms with Crippen molar-refractivity contribution in [2.24, 2.45) is 0 Å². The molecule has 1 N–H and O–H groups in total. The van der Waals surface area contributed by atoms with Crippen molar-refractivity contribution in [2.45, 2.75) is 25.3 Å². The van der Waals surface area contributed by atoms with Crippen molar-refractivity contribution in [3.8, 4) is 0 Å². The molecule has 2 rings (SSSR count). The summed E-state index contributed by atoms with van der Waals surface area (Å²) in [5, 5.41) is 2.81. The van der Waals surface area contributed by atoms with Gasteiger partial charge in [-0.25, -0.2) is 9.37 Å². The van der Waals surface area contributed by atoms with Crippen LogP contribution in [0.3, 0.4) is 0 Å². The number of rotatable bonds is 2. The van der Waals surface area contributed by atoms with Crippen LogP contribution < -0.4 is 5.32 Å². The van der Waals surface area contributed by atoms with Gasteiger partial charge in [-0.1, -0.05) is 11.6 Å². The Balaban J connectivity index is 2.21. The van der Waals surface area contributed by atoms with Crippen molar-refractivity contribution < 1.29 is 9.18 Å². The normalized spacial score (nSPS) is 17.3. The van der Waals surface area contributed by atoms with E-state index in [0.717, 1.165) is 25.1 Å². The van der Waals surface area contributed by atoms with Gasteiger partial charge >= 0.3 is 0 Å². The third-order valence-electron chi connectivity index (χ3n) is 2.47. The first kappa shape index (κ1) is 10.4. The van der Waals surface area contributed by atoms with Gasteiger partial charge in [-0.2, -0.15) is 0 Å². The fraction of sp³-hybridized carbons (Fsp3) is 0.400. The monoisotopic (exact) mass is 228 g/mol. The lowest BCUT2D eigenvalue weighted by atomic mass is 10.2. The number of pyridine rings is 1. The molecule has 0 radical (unpaired) electrons. The van der Waals surface area contributed by atoms with Crippen LogP contribution >= 0.6 is 11.6 Å². The molecule has 3 nitrogen and oxygen atoms in total. The molecule has 0 spiro atoms. The van der Waals surface area contributed by atoms with Crippen molar-refractivity contribution >= 4 is 17.5 Å². The van der Waals surface area contributed by atoms with Crippen LogP contribution in [0.15, 0.2) is 12.3 Å². The number of aromatic nitrogens is 1. The predicted octanol–water partition coefficient (Wildman–Crippen LogP) is 2.16. The Labute approximate surface area is 91.7 Å². The molecule has 0 aromatic carbocycles. The van der Waals surface area contributed by atoms with Crippen LogP contribution in [-0.4, -0.2) is 16.4 Å². The number of amides is 1. The first-order chi connectivity index (χ1) is 7.00. The molecule has 0 saturated heterocycles. The molecular formula is C10H10ClFN2O. The molecule has 1 fully saturated rings. The summed E-state index contributed by atoms with van der Waals surface area (Å²) < 4.78 is 12.9. The van der Waals surface area contributed by atoms with Crippen molar-refractivity contribution in [1.29, 1.82) is 0 Å². The van der Waals surface area contributed by atoms with Crippen LogP contribution in [-0.2, 0) is 0 Å². The maximum atomic E-state index is 12.9. The van der Waals surface area contributed by atoms with Crippen molar-refractivity contribution in [3.05, 3.63) is 28.8 Å². The van der Waals surface area contributed by atoms with Gasteiger partial charge in [-0.05, 0) is 25.8 Å². The van der Waals surface area contributed by atoms with E-state index in [1.807, 2.05) is 6.92 Å². The van der Waals surface area contributed by atoms with E-state index >= 15 is 0 Å². The fourth-order valence-electron chi connectivity index (χ4n) is 1.24. The number of carbonyl (C=O) groups excluding carboxylic acids is 1. The minimum Gasteiger partial charge on any atom is -0.347 e. The van der Waals surface area contributed by atoms with Crippen molar-refractivity contribution in [3.63, 3.8) is 0 Å². The Morgan fingerprint density at radius 2 is 2.33 bits per heavy atom. The molecule has 0 unspecified atom stereocenters. The quantitative estimate of drug-likeness (QED) is 0.789. The highest BCUT2D eigenvalue weighted by atomic mass is 35.5. The highest BCUT2D eigenvalue weighted by Gasteiger charge is 2.39. The second-order valence-corrected chi connectivity index (χ2v) is 4.36. The maximum Gasteiger partial charge on any atom is 0.254 e. The lowest BCUT2D eigenvalue weighted by molar-refractivity contribution is 0.0935. The fourth-order valence-corrected chi connectivity index (χ4v) is 1.42. The zero-order valence-corrected chi connectivity index (χ0v) is 8.94. The number of halogens is 2. The van der Waals surface area contributed by atoms with E-state index in [1.54, 1.807) is 0 Å². The van der Waals surface area contributed by atoms with E-state index in [-0.39, 0.29) is 22.2 Å². The molecule has 1 heterocycles. The van der Waals surface area contributed by atoms with Crippen LogP contribution in [0.5, 0.6) is 0 Å². The van der Waals surface area contributed by atoms with E-state index in [1.165, 1.54) is 0 Å². The van der Waals surface area contributed by atoms with Crippen molar-refractivity contribution in [1.82, 2.24) is 10.3 Å². The van der Waals surface area contributed by atoms with Crippen molar-refractivity contribution in [2.75, 3.05) is 0 Å². The SMILES string of the molecule is CC1(NC(=O)c2cc(F)cnc2Cl)CC1. The number of hydrogen-bond acceptors (Lipinski definition) is 2. The summed E-state index contributed by atoms with van der Waals surface area (Å²) in [6.07, 6.45) is 2.87. The van der Waals surface area contributed by atoms with E-state index in [0.29, 0.717) is 0 Å². The van der Waals surface area contributed by atoms with Gasteiger partial charge in [-0.15, -0.1) is 0 Å². The van der Waals surface area contributed by atoms with Gasteiger partial charge in [0.05, 0.1) is 11.8 Å². The zero-order chi connectivity index (χ0) is 11.1. The average molecular weight is 229 g/mol. The third kappa shape index (κ3) is 2.26. The molecular weight excluding hydrogens is 219 g/mol. The van der Waals surface area contributed by atoms with E-state index in [2.05, 4.69) is 10.3 Å². The van der Waals surface area contributed by atoms with Gasteiger partial charge < -0.3 is 5.32 Å². The second kappa shape index (κ2) is 3.45. The van der Waals surface area contributed by atoms with Crippen LogP contribution in [0.2, 0.25) is 5.15 Å². The molecule has 0 bridgehead atoms. The molecule has 1 saturated carbocycles. The molecule has 5 heteroatoms. The lowest BCUT2D eigenvalue weighted by Gasteiger charge is -2.11. The summed E-state index contributed by atoms with van der Waals surface area (Å²) in [7, 11) is 0. The maximum absolute atomic E-state index is 12.9. The molecule has 1 aliphatic carbocycles. The minimum absolute atomic E-state index is 0.0261. The number of carbonyl (C=O) groups is 1. The summed E-state index contributed by atoms with van der Waals surface area (Å²) in [5.74, 6) is -0.933. The lowest BCUT2D eigenvalue weighted by Crippen LogP contribution is -2.34. The summed E-state index contributed by atoms with van der Waals surface area (Å²) in [4.78, 5) is 15.3. The van der Waals surface area contributed by atoms with Gasteiger partial charge in [0.2, 0.25) is 0 Å². The number of nitrogens with zero attached hydrogens (tertiary/aromatic N) is 1. The molecule has 1 aromatic heterocycles. The van der Waals surface area contributed by atoms with Gasteiger partial charge in [0, 0.05) is 5.54 Å². The molecule has 15 heavy (non-hydrogen) atoms. The largest absolute Gasteiger partial charge is 0.347 e. The Morgan fingerprint density at radius 3 is 2.93 bits per heavy atom. The topological polar surface area (TPSA) is 42.0 Å². The van der Waals surface area contributed by atoms with Crippen LogP contribution in [0, 0.1) is 5.82 Å². The predicted molar refractivity (Wildman–Crippen MR) is 54.3 cm³/mol. The molecule has 0 atom stereocenters. The highest BCUT2D eigenvalue weighted by molar-refractivity contribution is 6.32. The summed E-state index contributed by atoms with van der Waals surface area (Å²) in [5.41, 5.74) is -0.0583. The van der Waals surface area contributed by atoms with Gasteiger partial charge in [0.1, 0.15) is 11.0 Å². The van der Waals surface area contributed by atoms with Crippen LogP contribution in [0.1, 0.15) is 30.1 Å². The van der Waals surface area contributed by atoms with Gasteiger partial charge in [0.25, 0.3) is 5.91 Å². The van der Waals surface area contributed by atoms with E-state index in [9.17, 15) is 9.18 Å². The van der Waals surface area contributed by atoms with E-state index < -0.39 is 5.82 Å². The average Bonchev–Trinajstić information content (AvgIpc) is 2.87. The van der Waals surface area contributed by atoms with Crippen LogP contribution in [0.25, 0.3) is 0 Å². The molecule has 1 aromatic rings. The first-order valence-corrected chi connectivity index (χ1v) is 5.01. The standard InChI is InChI=1S/C10H10ClFN2O/c1-10(2-3-10)14-9(15)7-4-6(12)5-13-8(7)11/h4-5H,2-3H2,1H3,(H,14,15).